The number of nitrogens with zero attached hydrogens (tertiary/aromatic N) is 2. The highest BCUT2D eigenvalue weighted by molar-refractivity contribution is 5.22. The first-order valence-electron chi connectivity index (χ1n) is 17.9. The van der Waals surface area contributed by atoms with E-state index in [4.69, 9.17) is 0 Å². The molecule has 0 radical (unpaired) electrons. The zero-order valence-corrected chi connectivity index (χ0v) is 27.7. The van der Waals surface area contributed by atoms with Gasteiger partial charge < -0.3 is 0 Å². The number of aryl methyl sites for hydroxylation is 1. The molecular weight excluding hydrogens is 508 g/mol. The lowest BCUT2D eigenvalue weighted by Gasteiger charge is -2.12. The SMILES string of the molecule is CCCCCCCCCCCCn1c(CC(C)c2ccccc2)c[n+](CCCCCCCCC)c1Cc1ccccc1. The molecule has 0 aliphatic carbocycles. The molecule has 1 heterocycles. The van der Waals surface area contributed by atoms with E-state index in [1.807, 2.05) is 0 Å². The monoisotopic (exact) mass is 571 g/mol. The summed E-state index contributed by atoms with van der Waals surface area (Å²) in [5.74, 6) is 2.03. The summed E-state index contributed by atoms with van der Waals surface area (Å²) < 4.78 is 5.38. The number of rotatable bonds is 24. The molecule has 0 aliphatic rings. The minimum absolute atomic E-state index is 0.518. The Morgan fingerprint density at radius 3 is 1.67 bits per heavy atom. The molecule has 0 bridgehead atoms. The summed E-state index contributed by atoms with van der Waals surface area (Å²) in [5, 5.41) is 0. The summed E-state index contributed by atoms with van der Waals surface area (Å²) in [7, 11) is 0. The first-order chi connectivity index (χ1) is 20.7. The Kier molecular flexibility index (Phi) is 17.4. The van der Waals surface area contributed by atoms with E-state index in [0.29, 0.717) is 5.92 Å². The van der Waals surface area contributed by atoms with Crippen LogP contribution in [0.15, 0.2) is 66.9 Å². The van der Waals surface area contributed by atoms with Crippen LogP contribution in [0, 0.1) is 0 Å². The van der Waals surface area contributed by atoms with Gasteiger partial charge in [0, 0.05) is 6.42 Å². The lowest BCUT2D eigenvalue weighted by molar-refractivity contribution is -0.704. The number of aromatic nitrogens is 2. The van der Waals surface area contributed by atoms with Crippen LogP contribution < -0.4 is 4.57 Å². The van der Waals surface area contributed by atoms with E-state index in [-0.39, 0.29) is 0 Å². The van der Waals surface area contributed by atoms with Gasteiger partial charge in [0.1, 0.15) is 11.9 Å². The van der Waals surface area contributed by atoms with Gasteiger partial charge in [-0.25, -0.2) is 9.13 Å². The molecule has 0 spiro atoms. The Bertz CT molecular complexity index is 1050. The Balaban J connectivity index is 1.69. The maximum Gasteiger partial charge on any atom is 0.261 e. The molecule has 0 fully saturated rings. The van der Waals surface area contributed by atoms with Crippen molar-refractivity contribution in [2.45, 2.75) is 162 Å². The zero-order valence-electron chi connectivity index (χ0n) is 27.7. The van der Waals surface area contributed by atoms with Crippen molar-refractivity contribution in [3.8, 4) is 0 Å². The fraction of sp³-hybridized carbons (Fsp3) is 0.625. The van der Waals surface area contributed by atoms with Gasteiger partial charge in [0.15, 0.2) is 0 Å². The quantitative estimate of drug-likeness (QED) is 0.0747. The highest BCUT2D eigenvalue weighted by Crippen LogP contribution is 2.23. The molecule has 0 amide bonds. The average molecular weight is 572 g/mol. The highest BCUT2D eigenvalue weighted by atomic mass is 15.2. The normalized spacial score (nSPS) is 12.2. The number of hydrogen-bond donors (Lipinski definition) is 0. The fourth-order valence-electron chi connectivity index (χ4n) is 6.46. The molecule has 2 nitrogen and oxygen atoms in total. The largest absolute Gasteiger partial charge is 0.261 e. The van der Waals surface area contributed by atoms with Crippen LogP contribution >= 0.6 is 0 Å². The third kappa shape index (κ3) is 12.9. The first kappa shape index (κ1) is 34.1. The maximum absolute atomic E-state index is 2.73. The second-order valence-corrected chi connectivity index (χ2v) is 12.9. The molecule has 0 saturated carbocycles. The summed E-state index contributed by atoms with van der Waals surface area (Å²) in [6.45, 7) is 9.32. The molecule has 3 rings (SSSR count). The van der Waals surface area contributed by atoms with Crippen molar-refractivity contribution >= 4 is 0 Å². The van der Waals surface area contributed by atoms with Crippen molar-refractivity contribution in [1.82, 2.24) is 4.57 Å². The van der Waals surface area contributed by atoms with Gasteiger partial charge in [0.05, 0.1) is 19.5 Å². The zero-order chi connectivity index (χ0) is 29.7. The van der Waals surface area contributed by atoms with Crippen molar-refractivity contribution in [1.29, 1.82) is 0 Å². The molecule has 1 atom stereocenters. The van der Waals surface area contributed by atoms with Gasteiger partial charge in [0.2, 0.25) is 0 Å². The third-order valence-corrected chi connectivity index (χ3v) is 9.12. The molecule has 232 valence electrons. The first-order valence-corrected chi connectivity index (χ1v) is 17.9. The molecule has 42 heavy (non-hydrogen) atoms. The average Bonchev–Trinajstić information content (AvgIpc) is 3.33. The third-order valence-electron chi connectivity index (χ3n) is 9.12. The Morgan fingerprint density at radius 2 is 1.10 bits per heavy atom. The van der Waals surface area contributed by atoms with E-state index in [1.165, 1.54) is 132 Å². The van der Waals surface area contributed by atoms with E-state index in [1.54, 1.807) is 0 Å². The molecule has 2 heteroatoms. The summed E-state index contributed by atoms with van der Waals surface area (Å²) >= 11 is 0. The van der Waals surface area contributed by atoms with Crippen molar-refractivity contribution in [3.63, 3.8) is 0 Å². The minimum Gasteiger partial charge on any atom is -0.234 e. The van der Waals surface area contributed by atoms with Crippen LogP contribution in [-0.4, -0.2) is 4.57 Å². The summed E-state index contributed by atoms with van der Waals surface area (Å²) in [6.07, 6.45) is 28.1. The topological polar surface area (TPSA) is 8.81 Å². The van der Waals surface area contributed by atoms with E-state index >= 15 is 0 Å². The van der Waals surface area contributed by atoms with Gasteiger partial charge in [-0.2, -0.15) is 0 Å². The predicted octanol–water partition coefficient (Wildman–Crippen LogP) is 11.4. The van der Waals surface area contributed by atoms with Gasteiger partial charge >= 0.3 is 0 Å². The van der Waals surface area contributed by atoms with Crippen LogP contribution in [-0.2, 0) is 25.9 Å². The Hall–Kier alpha value is -2.35. The lowest BCUT2D eigenvalue weighted by Crippen LogP contribution is -2.37. The second-order valence-electron chi connectivity index (χ2n) is 12.9. The molecule has 0 N–H and O–H groups in total. The summed E-state index contributed by atoms with van der Waals surface area (Å²) in [6, 6.07) is 22.3. The molecule has 2 aromatic carbocycles. The number of unbranched alkanes of at least 4 members (excludes halogenated alkanes) is 15. The fourth-order valence-corrected chi connectivity index (χ4v) is 6.46. The van der Waals surface area contributed by atoms with Crippen LogP contribution in [0.25, 0.3) is 0 Å². The van der Waals surface area contributed by atoms with Gasteiger partial charge in [0.25, 0.3) is 5.82 Å². The molecular formula is C40H63N2+. The van der Waals surface area contributed by atoms with E-state index < -0.39 is 0 Å². The van der Waals surface area contributed by atoms with E-state index in [0.717, 1.165) is 25.9 Å². The Morgan fingerprint density at radius 1 is 0.595 bits per heavy atom. The maximum atomic E-state index is 2.73. The van der Waals surface area contributed by atoms with Gasteiger partial charge in [-0.3, -0.25) is 0 Å². The van der Waals surface area contributed by atoms with Crippen molar-refractivity contribution in [2.75, 3.05) is 0 Å². The van der Waals surface area contributed by atoms with Crippen molar-refractivity contribution < 1.29 is 4.57 Å². The van der Waals surface area contributed by atoms with Crippen LogP contribution in [0.1, 0.15) is 158 Å². The number of benzene rings is 2. The smallest absolute Gasteiger partial charge is 0.234 e. The molecule has 3 aromatic rings. The predicted molar refractivity (Wildman–Crippen MR) is 182 cm³/mol. The van der Waals surface area contributed by atoms with Gasteiger partial charge in [-0.1, -0.05) is 165 Å². The summed E-state index contributed by atoms with van der Waals surface area (Å²) in [4.78, 5) is 0. The standard InChI is InChI=1S/C40H63N2/c1-4-6-8-10-12-13-14-16-18-26-32-42-39(33-36(3)38-29-23-20-24-30-38)35-41(31-25-17-15-11-9-7-5-2)40(42)34-37-27-21-19-22-28-37/h19-24,27-30,35-36H,4-18,25-26,31-34H2,1-3H3/q+1. The van der Waals surface area contributed by atoms with Crippen LogP contribution in [0.4, 0.5) is 0 Å². The Labute approximate surface area is 260 Å². The van der Waals surface area contributed by atoms with Crippen LogP contribution in [0.2, 0.25) is 0 Å². The number of imidazole rings is 1. The highest BCUT2D eigenvalue weighted by Gasteiger charge is 2.25. The van der Waals surface area contributed by atoms with Crippen LogP contribution in [0.5, 0.6) is 0 Å². The van der Waals surface area contributed by atoms with Gasteiger partial charge in [-0.05, 0) is 42.7 Å². The summed E-state index contributed by atoms with van der Waals surface area (Å²) in [5.41, 5.74) is 4.40. The minimum atomic E-state index is 0.518. The molecule has 1 unspecified atom stereocenters. The van der Waals surface area contributed by atoms with E-state index in [9.17, 15) is 0 Å². The van der Waals surface area contributed by atoms with Crippen LogP contribution in [0.3, 0.4) is 0 Å². The lowest BCUT2D eigenvalue weighted by atomic mass is 9.96. The van der Waals surface area contributed by atoms with Gasteiger partial charge in [-0.15, -0.1) is 0 Å². The number of hydrogen-bond acceptors (Lipinski definition) is 0. The molecule has 0 aliphatic heterocycles. The van der Waals surface area contributed by atoms with Crippen molar-refractivity contribution in [3.05, 3.63) is 89.5 Å². The van der Waals surface area contributed by atoms with Crippen molar-refractivity contribution in [2.24, 2.45) is 0 Å². The molecule has 0 saturated heterocycles. The molecule has 1 aromatic heterocycles. The van der Waals surface area contributed by atoms with E-state index in [2.05, 4.69) is 96.8 Å². The second kappa shape index (κ2) is 21.4.